The Bertz CT molecular complexity index is 1290. The lowest BCUT2D eigenvalue weighted by Crippen LogP contribution is -1.97. The number of hydrogen-bond donors (Lipinski definition) is 0. The molecule has 0 bridgehead atoms. The van der Waals surface area contributed by atoms with Crippen LogP contribution in [0.4, 0.5) is 0 Å². The zero-order valence-corrected chi connectivity index (χ0v) is 15.0. The normalized spacial score (nSPS) is 14.2. The molecule has 0 radical (unpaired) electrons. The summed E-state index contributed by atoms with van der Waals surface area (Å²) in [5, 5.41) is 2.18. The highest BCUT2D eigenvalue weighted by Crippen LogP contribution is 2.33. The molecule has 2 nitrogen and oxygen atoms in total. The van der Waals surface area contributed by atoms with Crippen molar-refractivity contribution >= 4 is 21.9 Å². The molecule has 5 aromatic rings. The number of furan rings is 1. The maximum Gasteiger partial charge on any atom is 0.135 e. The number of aromatic nitrogens is 1. The fraction of sp³-hybridized carbons (Fsp3) is 0.0800. The molecular weight excluding hydrogens is 330 g/mol. The van der Waals surface area contributed by atoms with Gasteiger partial charge < -0.3 is 4.42 Å². The largest absolute Gasteiger partial charge is 0.456 e. The van der Waals surface area contributed by atoms with Crippen LogP contribution in [0, 0.1) is 0 Å². The SMILES string of the molecule is [2H]C(C)(c1ccccc1)c1ccnc(-c2ccc3oc4ccccc4c3c2)c1. The highest BCUT2D eigenvalue weighted by Gasteiger charge is 2.12. The van der Waals surface area contributed by atoms with Gasteiger partial charge in [0.1, 0.15) is 11.2 Å². The molecule has 0 N–H and O–H groups in total. The zero-order valence-electron chi connectivity index (χ0n) is 16.0. The second-order valence-electron chi connectivity index (χ2n) is 6.73. The Morgan fingerprint density at radius 2 is 1.56 bits per heavy atom. The lowest BCUT2D eigenvalue weighted by atomic mass is 9.93. The number of nitrogens with zero attached hydrogens (tertiary/aromatic N) is 1. The Balaban J connectivity index is 1.62. The van der Waals surface area contributed by atoms with Crippen molar-refractivity contribution < 1.29 is 5.79 Å². The second kappa shape index (κ2) is 6.40. The van der Waals surface area contributed by atoms with E-state index in [1.54, 1.807) is 6.20 Å². The van der Waals surface area contributed by atoms with Crippen LogP contribution in [0.2, 0.25) is 0 Å². The number of benzene rings is 3. The molecule has 0 saturated heterocycles. The van der Waals surface area contributed by atoms with Gasteiger partial charge in [0, 0.05) is 29.8 Å². The Labute approximate surface area is 159 Å². The van der Waals surface area contributed by atoms with Gasteiger partial charge in [-0.05, 0) is 47.5 Å². The third-order valence-electron chi connectivity index (χ3n) is 5.07. The Morgan fingerprint density at radius 1 is 0.778 bits per heavy atom. The van der Waals surface area contributed by atoms with Crippen LogP contribution in [0.1, 0.15) is 25.3 Å². The number of para-hydroxylation sites is 1. The van der Waals surface area contributed by atoms with Crippen LogP contribution in [-0.4, -0.2) is 4.98 Å². The van der Waals surface area contributed by atoms with Gasteiger partial charge in [-0.2, -0.15) is 0 Å². The van der Waals surface area contributed by atoms with Gasteiger partial charge in [0.15, 0.2) is 0 Å². The summed E-state index contributed by atoms with van der Waals surface area (Å²) in [5.74, 6) is -0.842. The van der Waals surface area contributed by atoms with E-state index in [1.807, 2.05) is 79.7 Å². The molecule has 0 saturated carbocycles. The first kappa shape index (κ1) is 14.7. The molecule has 3 aromatic carbocycles. The fourth-order valence-corrected chi connectivity index (χ4v) is 3.56. The Kier molecular flexibility index (Phi) is 3.50. The molecule has 0 aliphatic heterocycles. The van der Waals surface area contributed by atoms with Crippen LogP contribution in [-0.2, 0) is 0 Å². The molecule has 2 heteroatoms. The average Bonchev–Trinajstić information content (AvgIpc) is 3.12. The second-order valence-corrected chi connectivity index (χ2v) is 6.73. The molecular formula is C25H19NO. The summed E-state index contributed by atoms with van der Waals surface area (Å²) >= 11 is 0. The molecule has 2 heterocycles. The van der Waals surface area contributed by atoms with Gasteiger partial charge in [-0.3, -0.25) is 4.98 Å². The summed E-state index contributed by atoms with van der Waals surface area (Å²) in [5.41, 5.74) is 5.52. The zero-order chi connectivity index (χ0) is 19.1. The third-order valence-corrected chi connectivity index (χ3v) is 5.07. The van der Waals surface area contributed by atoms with E-state index in [0.717, 1.165) is 44.3 Å². The Hall–Kier alpha value is -3.39. The minimum Gasteiger partial charge on any atom is -0.456 e. The number of pyridine rings is 1. The fourth-order valence-electron chi connectivity index (χ4n) is 3.56. The first-order valence-electron chi connectivity index (χ1n) is 9.57. The summed E-state index contributed by atoms with van der Waals surface area (Å²) in [6, 6.07) is 28.1. The van der Waals surface area contributed by atoms with Gasteiger partial charge in [-0.25, -0.2) is 0 Å². The molecule has 0 aliphatic carbocycles. The van der Waals surface area contributed by atoms with Gasteiger partial charge in [0.2, 0.25) is 0 Å². The van der Waals surface area contributed by atoms with Gasteiger partial charge in [-0.1, -0.05) is 55.5 Å². The molecule has 0 fully saturated rings. The highest BCUT2D eigenvalue weighted by molar-refractivity contribution is 6.06. The number of rotatable bonds is 3. The Morgan fingerprint density at radius 3 is 2.44 bits per heavy atom. The molecule has 0 aliphatic rings. The first-order chi connectivity index (χ1) is 13.6. The van der Waals surface area contributed by atoms with Crippen LogP contribution < -0.4 is 0 Å². The average molecular weight is 350 g/mol. The molecule has 2 aromatic heterocycles. The maximum atomic E-state index is 8.94. The van der Waals surface area contributed by atoms with E-state index in [-0.39, 0.29) is 0 Å². The van der Waals surface area contributed by atoms with E-state index in [1.165, 1.54) is 0 Å². The summed E-state index contributed by atoms with van der Waals surface area (Å²) in [4.78, 5) is 4.57. The molecule has 1 atom stereocenters. The van der Waals surface area contributed by atoms with Crippen LogP contribution in [0.3, 0.4) is 0 Å². The van der Waals surface area contributed by atoms with Gasteiger partial charge >= 0.3 is 0 Å². The number of fused-ring (bicyclic) bond motifs is 3. The van der Waals surface area contributed by atoms with Gasteiger partial charge in [-0.15, -0.1) is 0 Å². The quantitative estimate of drug-likeness (QED) is 0.357. The van der Waals surface area contributed by atoms with Crippen LogP contribution in [0.5, 0.6) is 0 Å². The van der Waals surface area contributed by atoms with E-state index in [4.69, 9.17) is 5.79 Å². The topological polar surface area (TPSA) is 26.0 Å². The predicted molar refractivity (Wildman–Crippen MR) is 111 cm³/mol. The van der Waals surface area contributed by atoms with Crippen molar-refractivity contribution in [1.82, 2.24) is 4.98 Å². The molecule has 130 valence electrons. The molecule has 5 rings (SSSR count). The van der Waals surface area contributed by atoms with Crippen LogP contribution in [0.25, 0.3) is 33.2 Å². The molecule has 0 spiro atoms. The minimum absolute atomic E-state index is 0.842. The van der Waals surface area contributed by atoms with Crippen molar-refractivity contribution in [3.8, 4) is 11.3 Å². The minimum atomic E-state index is -0.842. The van der Waals surface area contributed by atoms with Crippen molar-refractivity contribution in [3.05, 3.63) is 102 Å². The van der Waals surface area contributed by atoms with E-state index in [9.17, 15) is 0 Å². The molecule has 0 amide bonds. The number of hydrogen-bond acceptors (Lipinski definition) is 2. The van der Waals surface area contributed by atoms with Crippen molar-refractivity contribution in [1.29, 1.82) is 0 Å². The van der Waals surface area contributed by atoms with E-state index in [0.29, 0.717) is 0 Å². The van der Waals surface area contributed by atoms with Crippen LogP contribution in [0.15, 0.2) is 95.5 Å². The maximum absolute atomic E-state index is 8.94. The standard InChI is InChI=1S/C25H19NO/c1-17(18-7-3-2-4-8-18)19-13-14-26-23(16-19)20-11-12-25-22(15-20)21-9-5-6-10-24(21)27-25/h2-17H,1H3/i17D. The predicted octanol–water partition coefficient (Wildman–Crippen LogP) is 6.80. The van der Waals surface area contributed by atoms with Crippen molar-refractivity contribution in [2.45, 2.75) is 12.8 Å². The summed E-state index contributed by atoms with van der Waals surface area (Å²) in [7, 11) is 0. The van der Waals surface area contributed by atoms with Crippen molar-refractivity contribution in [3.63, 3.8) is 0 Å². The lowest BCUT2D eigenvalue weighted by molar-refractivity contribution is 0.669. The smallest absolute Gasteiger partial charge is 0.135 e. The first-order valence-corrected chi connectivity index (χ1v) is 9.07. The van der Waals surface area contributed by atoms with E-state index < -0.39 is 5.89 Å². The molecule has 1 unspecified atom stereocenters. The van der Waals surface area contributed by atoms with Gasteiger partial charge in [0.25, 0.3) is 0 Å². The van der Waals surface area contributed by atoms with Crippen LogP contribution >= 0.6 is 0 Å². The third kappa shape index (κ3) is 2.80. The monoisotopic (exact) mass is 350 g/mol. The van der Waals surface area contributed by atoms with E-state index in [2.05, 4.69) is 17.1 Å². The molecule has 27 heavy (non-hydrogen) atoms. The van der Waals surface area contributed by atoms with Gasteiger partial charge in [0.05, 0.1) is 5.69 Å². The summed E-state index contributed by atoms with van der Waals surface area (Å²) in [6.45, 7) is 1.92. The highest BCUT2D eigenvalue weighted by atomic mass is 16.3. The van der Waals surface area contributed by atoms with Crippen molar-refractivity contribution in [2.24, 2.45) is 0 Å². The van der Waals surface area contributed by atoms with Crippen molar-refractivity contribution in [2.75, 3.05) is 0 Å². The summed E-state index contributed by atoms with van der Waals surface area (Å²) < 4.78 is 14.9. The lowest BCUT2D eigenvalue weighted by Gasteiger charge is -2.13. The summed E-state index contributed by atoms with van der Waals surface area (Å²) in [6.07, 6.45) is 1.79. The van der Waals surface area contributed by atoms with E-state index >= 15 is 0 Å².